The molecule has 44 heavy (non-hydrogen) atoms. The van der Waals surface area contributed by atoms with Crippen molar-refractivity contribution >= 4 is 12.1 Å². The zero-order valence-electron chi connectivity index (χ0n) is 26.3. The van der Waals surface area contributed by atoms with Crippen molar-refractivity contribution in [2.75, 3.05) is 20.8 Å². The molecule has 0 aliphatic carbocycles. The summed E-state index contributed by atoms with van der Waals surface area (Å²) in [6, 6.07) is 34.0. The Morgan fingerprint density at radius 3 is 1.82 bits per heavy atom. The van der Waals surface area contributed by atoms with Crippen LogP contribution in [-0.4, -0.2) is 32.9 Å². The maximum atomic E-state index is 13.5. The van der Waals surface area contributed by atoms with Crippen molar-refractivity contribution in [1.82, 2.24) is 0 Å². The molecule has 4 aromatic rings. The number of aldehydes is 1. The topological polar surface area (TPSA) is 61.8 Å². The van der Waals surface area contributed by atoms with E-state index in [1.165, 1.54) is 0 Å². The van der Waals surface area contributed by atoms with Crippen LogP contribution in [0, 0.1) is 5.92 Å². The largest absolute Gasteiger partial charge is 0.497 e. The molecule has 4 rings (SSSR count). The summed E-state index contributed by atoms with van der Waals surface area (Å²) in [7, 11) is 3.33. The van der Waals surface area contributed by atoms with Crippen molar-refractivity contribution < 1.29 is 23.8 Å². The number of carbonyl (C=O) groups excluding carboxylic acids is 2. The van der Waals surface area contributed by atoms with Crippen molar-refractivity contribution in [1.29, 1.82) is 0 Å². The van der Waals surface area contributed by atoms with Gasteiger partial charge in [0.05, 0.1) is 14.2 Å². The molecule has 0 heterocycles. The van der Waals surface area contributed by atoms with E-state index < -0.39 is 5.60 Å². The average Bonchev–Trinajstić information content (AvgIpc) is 3.09. The number of carbonyl (C=O) groups is 2. The van der Waals surface area contributed by atoms with Crippen LogP contribution < -0.4 is 9.47 Å². The van der Waals surface area contributed by atoms with Crippen molar-refractivity contribution in [2.24, 2.45) is 5.92 Å². The molecule has 2 unspecified atom stereocenters. The van der Waals surface area contributed by atoms with Crippen LogP contribution in [0.4, 0.5) is 0 Å². The molecule has 0 bridgehead atoms. The Labute approximate surface area is 262 Å². The Hall–Kier alpha value is -4.22. The predicted octanol–water partition coefficient (Wildman–Crippen LogP) is 8.78. The second kappa shape index (κ2) is 16.0. The van der Waals surface area contributed by atoms with E-state index in [4.69, 9.17) is 14.2 Å². The van der Waals surface area contributed by atoms with Gasteiger partial charge in [-0.15, -0.1) is 0 Å². The maximum Gasteiger partial charge on any atom is 0.166 e. The van der Waals surface area contributed by atoms with Crippen LogP contribution in [0.2, 0.25) is 0 Å². The van der Waals surface area contributed by atoms with Gasteiger partial charge in [0.15, 0.2) is 5.78 Å². The number of Topliss-reactive ketones (excluding diaryl/α,β-unsaturated/α-hetero) is 1. The van der Waals surface area contributed by atoms with Gasteiger partial charge in [-0.1, -0.05) is 106 Å². The quantitative estimate of drug-likeness (QED) is 0.0531. The van der Waals surface area contributed by atoms with Crippen LogP contribution in [0.3, 0.4) is 0 Å². The molecule has 0 spiro atoms. The Morgan fingerprint density at radius 2 is 1.27 bits per heavy atom. The minimum absolute atomic E-state index is 0.0714. The number of rotatable bonds is 17. The summed E-state index contributed by atoms with van der Waals surface area (Å²) in [5, 5.41) is 0. The Balaban J connectivity index is 1.50. The van der Waals surface area contributed by atoms with E-state index in [1.54, 1.807) is 14.2 Å². The standard InChI is InChI=1S/C39H44O5/c1-5-30(38(41)37-18-12-11-17-36(37)29(2)28-40)14-8-7-13-27-44-39(31-15-9-6-10-16-31,32-19-23-34(42-3)24-20-32)33-21-25-35(43-4)26-22-33/h6,9-12,15-26,28-30H,5,7-8,13-14,27H2,1-4H3. The number of hydrogen-bond acceptors (Lipinski definition) is 5. The summed E-state index contributed by atoms with van der Waals surface area (Å²) in [4.78, 5) is 24.9. The van der Waals surface area contributed by atoms with Crippen molar-refractivity contribution in [3.63, 3.8) is 0 Å². The molecule has 2 atom stereocenters. The lowest BCUT2D eigenvalue weighted by atomic mass is 9.80. The highest BCUT2D eigenvalue weighted by Gasteiger charge is 2.37. The first-order valence-corrected chi connectivity index (χ1v) is 15.5. The van der Waals surface area contributed by atoms with Crippen LogP contribution in [0.1, 0.15) is 84.5 Å². The van der Waals surface area contributed by atoms with Gasteiger partial charge in [-0.2, -0.15) is 0 Å². The monoisotopic (exact) mass is 592 g/mol. The van der Waals surface area contributed by atoms with E-state index >= 15 is 0 Å². The molecule has 0 N–H and O–H groups in total. The Bertz CT molecular complexity index is 1410. The highest BCUT2D eigenvalue weighted by molar-refractivity contribution is 6.00. The smallest absolute Gasteiger partial charge is 0.166 e. The molecule has 0 fully saturated rings. The number of ether oxygens (including phenoxy) is 3. The molecule has 4 aromatic carbocycles. The molecule has 0 aromatic heterocycles. The summed E-state index contributed by atoms with van der Waals surface area (Å²) < 4.78 is 17.9. The van der Waals surface area contributed by atoms with Crippen LogP contribution in [0.25, 0.3) is 0 Å². The third kappa shape index (κ3) is 7.46. The molecule has 0 amide bonds. The summed E-state index contributed by atoms with van der Waals surface area (Å²) in [5.74, 6) is 1.33. The van der Waals surface area contributed by atoms with Crippen LogP contribution >= 0.6 is 0 Å². The van der Waals surface area contributed by atoms with Crippen LogP contribution in [-0.2, 0) is 15.1 Å². The fourth-order valence-corrected chi connectivity index (χ4v) is 5.90. The van der Waals surface area contributed by atoms with Crippen molar-refractivity contribution in [3.05, 3.63) is 131 Å². The molecule has 0 aliphatic heterocycles. The normalized spacial score (nSPS) is 12.7. The molecule has 0 saturated carbocycles. The maximum absolute atomic E-state index is 13.5. The highest BCUT2D eigenvalue weighted by Crippen LogP contribution is 2.42. The van der Waals surface area contributed by atoms with Gasteiger partial charge in [0.2, 0.25) is 0 Å². The van der Waals surface area contributed by atoms with Crippen molar-refractivity contribution in [2.45, 2.75) is 57.5 Å². The third-order valence-electron chi connectivity index (χ3n) is 8.47. The zero-order valence-corrected chi connectivity index (χ0v) is 26.3. The second-order valence-electron chi connectivity index (χ2n) is 11.2. The van der Waals surface area contributed by atoms with Crippen LogP contribution in [0.15, 0.2) is 103 Å². The molecular formula is C39H44O5. The number of methoxy groups -OCH3 is 2. The molecule has 0 aliphatic rings. The minimum atomic E-state index is -0.833. The zero-order chi connectivity index (χ0) is 31.4. The Kier molecular flexibility index (Phi) is 11.9. The summed E-state index contributed by atoms with van der Waals surface area (Å²) in [6.07, 6.45) is 5.19. The van der Waals surface area contributed by atoms with E-state index in [2.05, 4.69) is 43.3 Å². The summed E-state index contributed by atoms with van der Waals surface area (Å²) in [6.45, 7) is 4.44. The molecule has 0 saturated heterocycles. The highest BCUT2D eigenvalue weighted by atomic mass is 16.5. The molecule has 5 heteroatoms. The average molecular weight is 593 g/mol. The van der Waals surface area contributed by atoms with Crippen LogP contribution in [0.5, 0.6) is 11.5 Å². The summed E-state index contributed by atoms with van der Waals surface area (Å²) in [5.41, 5.74) is 3.71. The van der Waals surface area contributed by atoms with Gasteiger partial charge in [0.1, 0.15) is 23.4 Å². The number of hydrogen-bond donors (Lipinski definition) is 0. The van der Waals surface area contributed by atoms with Gasteiger partial charge in [0.25, 0.3) is 0 Å². The second-order valence-corrected chi connectivity index (χ2v) is 11.2. The van der Waals surface area contributed by atoms with E-state index in [0.29, 0.717) is 12.2 Å². The SMILES string of the molecule is CCC(CCCCCOC(c1ccccc1)(c1ccc(OC)cc1)c1ccc(OC)cc1)C(=O)c1ccccc1C(C)C=O. The molecule has 0 radical (unpaired) electrons. The number of unbranched alkanes of at least 4 members (excludes halogenated alkanes) is 2. The third-order valence-corrected chi connectivity index (χ3v) is 8.47. The van der Waals surface area contributed by atoms with E-state index in [9.17, 15) is 9.59 Å². The minimum Gasteiger partial charge on any atom is -0.497 e. The lowest BCUT2D eigenvalue weighted by molar-refractivity contribution is -0.108. The first kappa shape index (κ1) is 32.7. The van der Waals surface area contributed by atoms with Gasteiger partial charge in [-0.3, -0.25) is 4.79 Å². The molecule has 230 valence electrons. The lowest BCUT2D eigenvalue weighted by Crippen LogP contribution is -2.33. The summed E-state index contributed by atoms with van der Waals surface area (Å²) >= 11 is 0. The van der Waals surface area contributed by atoms with Gasteiger partial charge < -0.3 is 19.0 Å². The van der Waals surface area contributed by atoms with Gasteiger partial charge in [0, 0.05) is 24.0 Å². The van der Waals surface area contributed by atoms with Crippen molar-refractivity contribution in [3.8, 4) is 11.5 Å². The molecular weight excluding hydrogens is 548 g/mol. The first-order chi connectivity index (χ1) is 21.5. The fourth-order valence-electron chi connectivity index (χ4n) is 5.90. The first-order valence-electron chi connectivity index (χ1n) is 15.5. The van der Waals surface area contributed by atoms with Gasteiger partial charge >= 0.3 is 0 Å². The molecule has 5 nitrogen and oxygen atoms in total. The van der Waals surface area contributed by atoms with E-state index in [0.717, 1.165) is 72.1 Å². The number of benzene rings is 4. The van der Waals surface area contributed by atoms with Gasteiger partial charge in [-0.25, -0.2) is 0 Å². The lowest BCUT2D eigenvalue weighted by Gasteiger charge is -2.36. The number of ketones is 1. The van der Waals surface area contributed by atoms with Gasteiger partial charge in [-0.05, 0) is 65.8 Å². The van der Waals surface area contributed by atoms with E-state index in [-0.39, 0.29) is 17.6 Å². The van der Waals surface area contributed by atoms with E-state index in [1.807, 2.05) is 73.7 Å². The predicted molar refractivity (Wildman–Crippen MR) is 176 cm³/mol. The fraction of sp³-hybridized carbons (Fsp3) is 0.333. The Morgan fingerprint density at radius 1 is 0.727 bits per heavy atom.